The number of methoxy groups -OCH3 is 1. The molecule has 3 N–H and O–H groups in total. The van der Waals surface area contributed by atoms with Crippen LogP contribution < -0.4 is 15.4 Å². The molecule has 12 heteroatoms. The van der Waals surface area contributed by atoms with E-state index in [1.165, 1.54) is 30.4 Å². The molecule has 0 fully saturated rings. The van der Waals surface area contributed by atoms with Crippen molar-refractivity contribution in [3.8, 4) is 16.3 Å². The Morgan fingerprint density at radius 1 is 1.07 bits per heavy atom. The monoisotopic (exact) mass is 598 g/mol. The van der Waals surface area contributed by atoms with Gasteiger partial charge in [0.1, 0.15) is 22.6 Å². The van der Waals surface area contributed by atoms with E-state index in [1.807, 2.05) is 36.4 Å². The van der Waals surface area contributed by atoms with E-state index >= 15 is 0 Å². The molecule has 0 spiro atoms. The van der Waals surface area contributed by atoms with E-state index in [2.05, 4.69) is 20.0 Å². The summed E-state index contributed by atoms with van der Waals surface area (Å²) >= 11 is 2.60. The van der Waals surface area contributed by atoms with Crippen molar-refractivity contribution >= 4 is 46.9 Å². The smallest absolute Gasteiger partial charge is 0.305 e. The predicted molar refractivity (Wildman–Crippen MR) is 159 cm³/mol. The number of nitrogens with zero attached hydrogens (tertiary/aromatic N) is 2. The van der Waals surface area contributed by atoms with E-state index in [-0.39, 0.29) is 18.1 Å². The minimum absolute atomic E-state index is 0.0378. The second-order valence-corrected chi connectivity index (χ2v) is 11.5. The van der Waals surface area contributed by atoms with Crippen molar-refractivity contribution in [2.45, 2.75) is 51.4 Å². The fraction of sp³-hybridized carbons (Fsp3) is 0.379. The van der Waals surface area contributed by atoms with Crippen molar-refractivity contribution in [1.82, 2.24) is 20.0 Å². The summed E-state index contributed by atoms with van der Waals surface area (Å²) in [4.78, 5) is 55.0. The maximum atomic E-state index is 13.2. The number of carbonyl (C=O) groups is 4. The van der Waals surface area contributed by atoms with Crippen molar-refractivity contribution in [2.75, 3.05) is 12.9 Å². The molecule has 0 aliphatic rings. The van der Waals surface area contributed by atoms with Gasteiger partial charge in [0.05, 0.1) is 31.7 Å². The lowest BCUT2D eigenvalue weighted by Crippen LogP contribution is -2.54. The van der Waals surface area contributed by atoms with Gasteiger partial charge in [-0.25, -0.2) is 4.98 Å². The number of rotatable bonds is 15. The lowest BCUT2D eigenvalue weighted by Gasteiger charge is -2.25. The van der Waals surface area contributed by atoms with E-state index in [1.54, 1.807) is 32.9 Å². The van der Waals surface area contributed by atoms with Crippen LogP contribution in [0, 0.1) is 12.8 Å². The highest BCUT2D eigenvalue weighted by molar-refractivity contribution is 7.99. The number of aryl methyl sites for hydroxylation is 1. The predicted octanol–water partition coefficient (Wildman–Crippen LogP) is 3.67. The molecular formula is C29H34N4O6S2. The number of thioether (sulfide) groups is 1. The number of carboxylic acids is 1. The molecular weight excluding hydrogens is 564 g/mol. The molecule has 41 heavy (non-hydrogen) atoms. The van der Waals surface area contributed by atoms with Gasteiger partial charge in [-0.05, 0) is 48.1 Å². The van der Waals surface area contributed by atoms with Gasteiger partial charge < -0.3 is 20.5 Å². The van der Waals surface area contributed by atoms with Gasteiger partial charge in [-0.15, -0.1) is 11.8 Å². The summed E-state index contributed by atoms with van der Waals surface area (Å²) in [6, 6.07) is 12.8. The highest BCUT2D eigenvalue weighted by Crippen LogP contribution is 2.28. The van der Waals surface area contributed by atoms with Crippen LogP contribution in [0.2, 0.25) is 0 Å². The Morgan fingerprint density at radius 2 is 1.80 bits per heavy atom. The summed E-state index contributed by atoms with van der Waals surface area (Å²) < 4.78 is 9.63. The number of ketones is 1. The third kappa shape index (κ3) is 9.68. The Bertz CT molecular complexity index is 1360. The Balaban J connectivity index is 1.66. The molecule has 1 aromatic heterocycles. The van der Waals surface area contributed by atoms with Crippen molar-refractivity contribution in [2.24, 2.45) is 5.92 Å². The number of hydrogen-bond acceptors (Lipinski definition) is 9. The summed E-state index contributed by atoms with van der Waals surface area (Å²) in [6.07, 6.45) is -0.622. The summed E-state index contributed by atoms with van der Waals surface area (Å²) in [5.41, 5.74) is 2.43. The number of nitrogens with one attached hydrogen (secondary N) is 2. The third-order valence-corrected chi connectivity index (χ3v) is 7.99. The lowest BCUT2D eigenvalue weighted by atomic mass is 10.0. The number of aromatic nitrogens is 2. The van der Waals surface area contributed by atoms with E-state index in [0.29, 0.717) is 27.9 Å². The van der Waals surface area contributed by atoms with Gasteiger partial charge in [-0.1, -0.05) is 44.2 Å². The molecule has 0 unspecified atom stereocenters. The average molecular weight is 599 g/mol. The van der Waals surface area contributed by atoms with Crippen LogP contribution in [0.15, 0.2) is 48.5 Å². The average Bonchev–Trinajstić information content (AvgIpc) is 3.37. The number of Topliss-reactive ketones (excluding diaryl/α,β-unsaturated/α-hetero) is 1. The number of amides is 2. The maximum absolute atomic E-state index is 13.2. The van der Waals surface area contributed by atoms with E-state index in [9.17, 15) is 24.3 Å². The van der Waals surface area contributed by atoms with Crippen LogP contribution in [0.4, 0.5) is 0 Å². The Hall–Kier alpha value is -3.77. The van der Waals surface area contributed by atoms with Gasteiger partial charge >= 0.3 is 5.97 Å². The molecule has 0 aliphatic carbocycles. The number of carbonyl (C=O) groups excluding carboxylic acids is 3. The first-order valence-electron chi connectivity index (χ1n) is 13.0. The van der Waals surface area contributed by atoms with Crippen LogP contribution in [-0.2, 0) is 31.4 Å². The normalized spacial score (nSPS) is 12.4. The van der Waals surface area contributed by atoms with Gasteiger partial charge in [0.15, 0.2) is 5.78 Å². The van der Waals surface area contributed by atoms with Crippen molar-refractivity contribution in [3.63, 3.8) is 0 Å². The molecule has 3 rings (SSSR count). The fourth-order valence-electron chi connectivity index (χ4n) is 4.02. The zero-order valence-electron chi connectivity index (χ0n) is 23.4. The first-order chi connectivity index (χ1) is 19.6. The minimum atomic E-state index is -1.21. The SMILES string of the molecule is COc1ccc(-c2nc(C)ns2)cc1CC(=O)N[C@H](C(=O)N[C@@H](CC(=O)O)C(=O)CSCc1ccccc1)C(C)C. The Kier molecular flexibility index (Phi) is 11.8. The van der Waals surface area contributed by atoms with Crippen molar-refractivity contribution in [3.05, 3.63) is 65.5 Å². The molecule has 0 aliphatic heterocycles. The van der Waals surface area contributed by atoms with Gasteiger partial charge in [0.2, 0.25) is 11.8 Å². The molecule has 3 aromatic rings. The van der Waals surface area contributed by atoms with Crippen LogP contribution in [0.3, 0.4) is 0 Å². The van der Waals surface area contributed by atoms with E-state index in [0.717, 1.165) is 11.1 Å². The first-order valence-corrected chi connectivity index (χ1v) is 14.9. The highest BCUT2D eigenvalue weighted by atomic mass is 32.2. The second-order valence-electron chi connectivity index (χ2n) is 9.74. The summed E-state index contributed by atoms with van der Waals surface area (Å²) in [6.45, 7) is 5.31. The number of aliphatic carboxylic acids is 1. The number of carboxylic acid groups (broad SMARTS) is 1. The number of ether oxygens (including phenoxy) is 1. The largest absolute Gasteiger partial charge is 0.496 e. The van der Waals surface area contributed by atoms with Gasteiger partial charge in [-0.3, -0.25) is 19.2 Å². The van der Waals surface area contributed by atoms with Crippen molar-refractivity contribution < 1.29 is 29.0 Å². The van der Waals surface area contributed by atoms with Gasteiger partial charge in [0, 0.05) is 16.9 Å². The molecule has 0 saturated heterocycles. The second kappa shape index (κ2) is 15.3. The van der Waals surface area contributed by atoms with Gasteiger partial charge in [0.25, 0.3) is 0 Å². The van der Waals surface area contributed by atoms with Crippen LogP contribution in [-0.4, -0.2) is 63.0 Å². The topological polar surface area (TPSA) is 148 Å². The quantitative estimate of drug-likeness (QED) is 0.238. The summed E-state index contributed by atoms with van der Waals surface area (Å²) in [5.74, 6) is -1.21. The van der Waals surface area contributed by atoms with Gasteiger partial charge in [-0.2, -0.15) is 4.37 Å². The maximum Gasteiger partial charge on any atom is 0.305 e. The zero-order valence-corrected chi connectivity index (χ0v) is 25.0. The number of benzene rings is 2. The first kappa shape index (κ1) is 31.8. The third-order valence-electron chi connectivity index (χ3n) is 6.11. The van der Waals surface area contributed by atoms with Crippen LogP contribution >= 0.6 is 23.3 Å². The number of hydrogen-bond donors (Lipinski definition) is 3. The molecule has 2 aromatic carbocycles. The van der Waals surface area contributed by atoms with Crippen molar-refractivity contribution in [1.29, 1.82) is 0 Å². The van der Waals surface area contributed by atoms with Crippen LogP contribution in [0.1, 0.15) is 37.2 Å². The molecule has 0 radical (unpaired) electrons. The molecule has 10 nitrogen and oxygen atoms in total. The Morgan fingerprint density at radius 3 is 2.41 bits per heavy atom. The molecule has 2 amide bonds. The summed E-state index contributed by atoms with van der Waals surface area (Å²) in [5, 5.41) is 15.4. The Labute approximate surface area is 247 Å². The molecule has 218 valence electrons. The molecule has 0 bridgehead atoms. The summed E-state index contributed by atoms with van der Waals surface area (Å²) in [7, 11) is 1.51. The van der Waals surface area contributed by atoms with E-state index < -0.39 is 42.1 Å². The standard InChI is InChI=1S/C29H34N4O6S2/c1-17(2)27(28(38)31-22(14-26(36)37)23(34)16-40-15-19-8-6-5-7-9-19)32-25(35)13-21-12-20(10-11-24(21)39-4)29-30-18(3)33-41-29/h5-12,17,22,27H,13-16H2,1-4H3,(H,31,38)(H,32,35)(H,36,37)/t22-,27-/m0/s1. The highest BCUT2D eigenvalue weighted by Gasteiger charge is 2.30. The fourth-order valence-corrected chi connectivity index (χ4v) is 5.62. The molecule has 1 heterocycles. The molecule has 2 atom stereocenters. The minimum Gasteiger partial charge on any atom is -0.496 e. The van der Waals surface area contributed by atoms with Crippen LogP contribution in [0.5, 0.6) is 5.75 Å². The molecule has 0 saturated carbocycles. The van der Waals surface area contributed by atoms with Crippen LogP contribution in [0.25, 0.3) is 10.6 Å². The lowest BCUT2D eigenvalue weighted by molar-refractivity contribution is -0.140. The zero-order chi connectivity index (χ0) is 29.9. The van der Waals surface area contributed by atoms with E-state index in [4.69, 9.17) is 4.74 Å².